The summed E-state index contributed by atoms with van der Waals surface area (Å²) >= 11 is 0. The third-order valence-corrected chi connectivity index (χ3v) is 4.52. The van der Waals surface area contributed by atoms with Gasteiger partial charge in [-0.25, -0.2) is 9.48 Å². The summed E-state index contributed by atoms with van der Waals surface area (Å²) in [6.45, 7) is 7.23. The molecule has 1 aliphatic rings. The number of carbonyl (C=O) groups excluding carboxylic acids is 1. The molecule has 0 fully saturated rings. The summed E-state index contributed by atoms with van der Waals surface area (Å²) in [7, 11) is 0. The number of nitrogens with zero attached hydrogens (tertiary/aromatic N) is 2. The largest absolute Gasteiger partial charge is 0.338 e. The van der Waals surface area contributed by atoms with Crippen molar-refractivity contribution < 1.29 is 4.79 Å². The Bertz CT molecular complexity index is 705. The van der Waals surface area contributed by atoms with E-state index < -0.39 is 0 Å². The van der Waals surface area contributed by atoms with Gasteiger partial charge in [-0.1, -0.05) is 39.0 Å². The van der Waals surface area contributed by atoms with Crippen LogP contribution in [0.4, 0.5) is 4.79 Å². The molecule has 0 saturated heterocycles. The smallest absolute Gasteiger partial charge is 0.315 e. The minimum atomic E-state index is -0.0991. The number of fused-ring (bicyclic) bond motifs is 1. The van der Waals surface area contributed by atoms with E-state index in [1.165, 1.54) is 5.69 Å². The van der Waals surface area contributed by atoms with Crippen LogP contribution in [0.25, 0.3) is 5.69 Å². The maximum Gasteiger partial charge on any atom is 0.315 e. The van der Waals surface area contributed by atoms with Crippen LogP contribution < -0.4 is 10.6 Å². The Hall–Kier alpha value is -2.30. The van der Waals surface area contributed by atoms with E-state index in [1.807, 2.05) is 36.0 Å². The van der Waals surface area contributed by atoms with Gasteiger partial charge < -0.3 is 10.6 Å². The molecule has 0 radical (unpaired) electrons. The van der Waals surface area contributed by atoms with E-state index in [2.05, 4.69) is 41.7 Å². The van der Waals surface area contributed by atoms with Gasteiger partial charge in [-0.3, -0.25) is 0 Å². The Morgan fingerprint density at radius 2 is 2.08 bits per heavy atom. The van der Waals surface area contributed by atoms with Gasteiger partial charge in [0.1, 0.15) is 0 Å². The normalized spacial score (nSPS) is 18.7. The SMILES string of the molecule is CCCNC(=O)N[C@H]1CC(C)(C)Cc2c1cnn2-c1ccccc1. The second kappa shape index (κ2) is 6.67. The summed E-state index contributed by atoms with van der Waals surface area (Å²) in [5.74, 6) is 0. The van der Waals surface area contributed by atoms with Gasteiger partial charge in [0.2, 0.25) is 0 Å². The van der Waals surface area contributed by atoms with Crippen molar-refractivity contribution in [2.75, 3.05) is 6.54 Å². The minimum absolute atomic E-state index is 0.00179. The van der Waals surface area contributed by atoms with Crippen LogP contribution in [-0.2, 0) is 6.42 Å². The first-order chi connectivity index (χ1) is 11.5. The lowest BCUT2D eigenvalue weighted by atomic mass is 9.74. The summed E-state index contributed by atoms with van der Waals surface area (Å²) in [6.07, 6.45) is 4.70. The molecule has 0 aliphatic heterocycles. The molecule has 0 unspecified atom stereocenters. The van der Waals surface area contributed by atoms with Gasteiger partial charge in [0.25, 0.3) is 0 Å². The van der Waals surface area contributed by atoms with Crippen molar-refractivity contribution in [2.24, 2.45) is 5.41 Å². The van der Waals surface area contributed by atoms with Gasteiger partial charge in [0.15, 0.2) is 0 Å². The average Bonchev–Trinajstić information content (AvgIpc) is 2.96. The zero-order valence-electron chi connectivity index (χ0n) is 14.7. The first-order valence-electron chi connectivity index (χ1n) is 8.67. The first kappa shape index (κ1) is 16.6. The van der Waals surface area contributed by atoms with Gasteiger partial charge >= 0.3 is 6.03 Å². The lowest BCUT2D eigenvalue weighted by Crippen LogP contribution is -2.42. The third-order valence-electron chi connectivity index (χ3n) is 4.52. The minimum Gasteiger partial charge on any atom is -0.338 e. The summed E-state index contributed by atoms with van der Waals surface area (Å²) in [5.41, 5.74) is 3.50. The van der Waals surface area contributed by atoms with Crippen LogP contribution in [-0.4, -0.2) is 22.4 Å². The van der Waals surface area contributed by atoms with Crippen molar-refractivity contribution in [1.29, 1.82) is 0 Å². The molecule has 1 aliphatic carbocycles. The monoisotopic (exact) mass is 326 g/mol. The van der Waals surface area contributed by atoms with E-state index in [0.29, 0.717) is 6.54 Å². The van der Waals surface area contributed by atoms with Crippen LogP contribution in [0.5, 0.6) is 0 Å². The van der Waals surface area contributed by atoms with Crippen LogP contribution in [0.3, 0.4) is 0 Å². The molecule has 2 aromatic rings. The maximum absolute atomic E-state index is 12.1. The van der Waals surface area contributed by atoms with Crippen LogP contribution in [0.15, 0.2) is 36.5 Å². The van der Waals surface area contributed by atoms with Crippen molar-refractivity contribution >= 4 is 6.03 Å². The molecule has 1 aromatic heterocycles. The van der Waals surface area contributed by atoms with Gasteiger partial charge in [-0.2, -0.15) is 5.10 Å². The predicted octanol–water partition coefficient (Wildman–Crippen LogP) is 3.60. The van der Waals surface area contributed by atoms with Crippen molar-refractivity contribution in [3.8, 4) is 5.69 Å². The molecule has 5 nitrogen and oxygen atoms in total. The number of urea groups is 1. The molecule has 0 bridgehead atoms. The summed E-state index contributed by atoms with van der Waals surface area (Å²) < 4.78 is 2.01. The average molecular weight is 326 g/mol. The van der Waals surface area contributed by atoms with Crippen LogP contribution in [0, 0.1) is 5.41 Å². The molecule has 1 heterocycles. The van der Waals surface area contributed by atoms with Gasteiger partial charge in [-0.05, 0) is 36.8 Å². The van der Waals surface area contributed by atoms with E-state index in [1.54, 1.807) is 0 Å². The molecule has 2 N–H and O–H groups in total. The highest BCUT2D eigenvalue weighted by molar-refractivity contribution is 5.74. The van der Waals surface area contributed by atoms with Gasteiger partial charge in [-0.15, -0.1) is 0 Å². The molecule has 2 amide bonds. The number of hydrogen-bond donors (Lipinski definition) is 2. The summed E-state index contributed by atoms with van der Waals surface area (Å²) in [5, 5.41) is 10.6. The molecular formula is C19H26N4O. The predicted molar refractivity (Wildman–Crippen MR) is 95.2 cm³/mol. The second-order valence-electron chi connectivity index (χ2n) is 7.29. The number of benzene rings is 1. The van der Waals surface area contributed by atoms with Crippen molar-refractivity contribution in [2.45, 2.75) is 46.1 Å². The number of carbonyl (C=O) groups is 1. The number of nitrogens with one attached hydrogen (secondary N) is 2. The van der Waals surface area contributed by atoms with E-state index >= 15 is 0 Å². The number of rotatable bonds is 4. The summed E-state index contributed by atoms with van der Waals surface area (Å²) in [6, 6.07) is 10.1. The van der Waals surface area contributed by atoms with E-state index in [4.69, 9.17) is 0 Å². The van der Waals surface area contributed by atoms with Crippen molar-refractivity contribution in [1.82, 2.24) is 20.4 Å². The zero-order chi connectivity index (χ0) is 17.2. The lowest BCUT2D eigenvalue weighted by molar-refractivity contribution is 0.221. The molecule has 128 valence electrons. The highest BCUT2D eigenvalue weighted by atomic mass is 16.2. The zero-order valence-corrected chi connectivity index (χ0v) is 14.7. The fourth-order valence-electron chi connectivity index (χ4n) is 3.41. The molecule has 0 saturated carbocycles. The molecule has 1 aromatic carbocycles. The van der Waals surface area contributed by atoms with Crippen molar-refractivity contribution in [3.63, 3.8) is 0 Å². The number of aromatic nitrogens is 2. The number of amides is 2. The fourth-order valence-corrected chi connectivity index (χ4v) is 3.41. The highest BCUT2D eigenvalue weighted by Gasteiger charge is 2.35. The molecule has 1 atom stereocenters. The first-order valence-corrected chi connectivity index (χ1v) is 8.67. The summed E-state index contributed by atoms with van der Waals surface area (Å²) in [4.78, 5) is 12.1. The molecular weight excluding hydrogens is 300 g/mol. The van der Waals surface area contributed by atoms with Gasteiger partial charge in [0.05, 0.1) is 23.6 Å². The van der Waals surface area contributed by atoms with Crippen LogP contribution in [0.2, 0.25) is 0 Å². The molecule has 24 heavy (non-hydrogen) atoms. The van der Waals surface area contributed by atoms with E-state index in [-0.39, 0.29) is 17.5 Å². The Morgan fingerprint density at radius 3 is 2.79 bits per heavy atom. The fraction of sp³-hybridized carbons (Fsp3) is 0.474. The van der Waals surface area contributed by atoms with E-state index in [0.717, 1.165) is 30.5 Å². The van der Waals surface area contributed by atoms with E-state index in [9.17, 15) is 4.79 Å². The molecule has 0 spiro atoms. The molecule has 5 heteroatoms. The van der Waals surface area contributed by atoms with Crippen LogP contribution in [0.1, 0.15) is 50.9 Å². The van der Waals surface area contributed by atoms with Gasteiger partial charge in [0, 0.05) is 12.1 Å². The third kappa shape index (κ3) is 3.45. The van der Waals surface area contributed by atoms with Crippen LogP contribution >= 0.6 is 0 Å². The number of para-hydroxylation sites is 1. The Kier molecular flexibility index (Phi) is 4.60. The Morgan fingerprint density at radius 1 is 1.33 bits per heavy atom. The highest BCUT2D eigenvalue weighted by Crippen LogP contribution is 2.41. The lowest BCUT2D eigenvalue weighted by Gasteiger charge is -2.36. The molecule has 3 rings (SSSR count). The Labute approximate surface area is 143 Å². The standard InChI is InChI=1S/C19H26N4O/c1-4-10-20-18(24)22-16-11-19(2,3)12-17-15(16)13-21-23(17)14-8-6-5-7-9-14/h5-9,13,16H,4,10-12H2,1-3H3,(H2,20,22,24)/t16-/m0/s1. The Balaban J connectivity index is 1.90. The number of hydrogen-bond acceptors (Lipinski definition) is 2. The topological polar surface area (TPSA) is 59.0 Å². The maximum atomic E-state index is 12.1. The quantitative estimate of drug-likeness (QED) is 0.902. The van der Waals surface area contributed by atoms with Crippen molar-refractivity contribution in [3.05, 3.63) is 47.8 Å². The second-order valence-corrected chi connectivity index (χ2v) is 7.29.